The molecule has 0 aliphatic heterocycles. The van der Waals surface area contributed by atoms with Gasteiger partial charge in [0.2, 0.25) is 0 Å². The first-order valence-corrected chi connectivity index (χ1v) is 6.82. The molecule has 0 aliphatic carbocycles. The molecule has 20 heavy (non-hydrogen) atoms. The first-order chi connectivity index (χ1) is 9.63. The summed E-state index contributed by atoms with van der Waals surface area (Å²) in [6.07, 6.45) is 0. The summed E-state index contributed by atoms with van der Waals surface area (Å²) < 4.78 is 18.9. The molecule has 3 nitrogen and oxygen atoms in total. The summed E-state index contributed by atoms with van der Waals surface area (Å²) in [7, 11) is 0. The summed E-state index contributed by atoms with van der Waals surface area (Å²) in [4.78, 5) is 11.6. The number of ether oxygens (including phenoxy) is 1. The first-order valence-electron chi connectivity index (χ1n) is 6.03. The number of amides is 1. The van der Waals surface area contributed by atoms with Gasteiger partial charge in [0.15, 0.2) is 6.61 Å². The Balaban J connectivity index is 1.80. The average molecular weight is 338 g/mol. The van der Waals surface area contributed by atoms with Crippen molar-refractivity contribution in [3.05, 3.63) is 64.4 Å². The lowest BCUT2D eigenvalue weighted by Gasteiger charge is -2.08. The molecule has 0 saturated carbocycles. The molecule has 2 rings (SSSR count). The predicted octanol–water partition coefficient (Wildman–Crippen LogP) is 3.28. The minimum absolute atomic E-state index is 0.150. The first kappa shape index (κ1) is 14.5. The molecule has 0 heterocycles. The van der Waals surface area contributed by atoms with E-state index in [1.54, 1.807) is 6.07 Å². The van der Waals surface area contributed by atoms with Crippen molar-refractivity contribution in [3.63, 3.8) is 0 Å². The Bertz CT molecular complexity index is 569. The zero-order valence-electron chi connectivity index (χ0n) is 10.6. The predicted molar refractivity (Wildman–Crippen MR) is 77.9 cm³/mol. The number of carbonyl (C=O) groups excluding carboxylic acids is 1. The van der Waals surface area contributed by atoms with Crippen LogP contribution in [0.4, 0.5) is 4.39 Å². The van der Waals surface area contributed by atoms with Gasteiger partial charge in [0.25, 0.3) is 5.91 Å². The van der Waals surface area contributed by atoms with E-state index in [0.717, 1.165) is 5.56 Å². The van der Waals surface area contributed by atoms with Crippen LogP contribution in [0.5, 0.6) is 5.75 Å². The maximum atomic E-state index is 13.1. The van der Waals surface area contributed by atoms with Gasteiger partial charge in [-0.1, -0.05) is 46.3 Å². The fourth-order valence-electron chi connectivity index (χ4n) is 1.61. The normalized spacial score (nSPS) is 10.1. The molecule has 104 valence electrons. The molecule has 1 amide bonds. The van der Waals surface area contributed by atoms with Crippen LogP contribution in [0, 0.1) is 5.82 Å². The second kappa shape index (κ2) is 7.05. The molecule has 2 aromatic rings. The van der Waals surface area contributed by atoms with Crippen molar-refractivity contribution in [2.24, 2.45) is 0 Å². The van der Waals surface area contributed by atoms with E-state index >= 15 is 0 Å². The molecule has 2 aromatic carbocycles. The Morgan fingerprint density at radius 2 is 1.95 bits per heavy atom. The fraction of sp³-hybridized carbons (Fsp3) is 0.133. The van der Waals surface area contributed by atoms with Crippen LogP contribution >= 0.6 is 15.9 Å². The maximum Gasteiger partial charge on any atom is 0.258 e. The van der Waals surface area contributed by atoms with Crippen molar-refractivity contribution in [1.82, 2.24) is 5.32 Å². The van der Waals surface area contributed by atoms with Gasteiger partial charge in [-0.15, -0.1) is 0 Å². The summed E-state index contributed by atoms with van der Waals surface area (Å²) in [5.41, 5.74) is 1.01. The molecule has 0 bridgehead atoms. The van der Waals surface area contributed by atoms with Crippen LogP contribution in [0.25, 0.3) is 0 Å². The van der Waals surface area contributed by atoms with Gasteiger partial charge in [-0.3, -0.25) is 4.79 Å². The van der Waals surface area contributed by atoms with E-state index in [4.69, 9.17) is 4.74 Å². The lowest BCUT2D eigenvalue weighted by Crippen LogP contribution is -2.28. The third kappa shape index (κ3) is 4.66. The summed E-state index contributed by atoms with van der Waals surface area (Å²) >= 11 is 3.16. The second-order valence-corrected chi connectivity index (χ2v) is 5.07. The van der Waals surface area contributed by atoms with Crippen LogP contribution < -0.4 is 10.1 Å². The number of rotatable bonds is 5. The van der Waals surface area contributed by atoms with Crippen LogP contribution in [-0.2, 0) is 11.3 Å². The molecular weight excluding hydrogens is 325 g/mol. The van der Waals surface area contributed by atoms with Crippen molar-refractivity contribution in [3.8, 4) is 5.75 Å². The Kier molecular flexibility index (Phi) is 5.12. The van der Waals surface area contributed by atoms with E-state index in [2.05, 4.69) is 21.2 Å². The lowest BCUT2D eigenvalue weighted by molar-refractivity contribution is -0.123. The smallest absolute Gasteiger partial charge is 0.258 e. The molecule has 0 fully saturated rings. The van der Waals surface area contributed by atoms with Gasteiger partial charge in [0, 0.05) is 17.1 Å². The molecule has 0 aliphatic rings. The van der Waals surface area contributed by atoms with E-state index in [1.165, 1.54) is 12.1 Å². The highest BCUT2D eigenvalue weighted by molar-refractivity contribution is 9.10. The largest absolute Gasteiger partial charge is 0.484 e. The maximum absolute atomic E-state index is 13.1. The molecule has 5 heteroatoms. The molecular formula is C15H13BrFNO2. The van der Waals surface area contributed by atoms with Gasteiger partial charge in [-0.25, -0.2) is 4.39 Å². The zero-order chi connectivity index (χ0) is 14.4. The molecule has 0 unspecified atom stereocenters. The highest BCUT2D eigenvalue weighted by Crippen LogP contribution is 2.20. The Labute approximate surface area is 124 Å². The molecule has 0 spiro atoms. The molecule has 1 N–H and O–H groups in total. The van der Waals surface area contributed by atoms with Gasteiger partial charge in [0.05, 0.1) is 0 Å². The van der Waals surface area contributed by atoms with E-state index in [-0.39, 0.29) is 12.5 Å². The van der Waals surface area contributed by atoms with Crippen LogP contribution in [0.2, 0.25) is 0 Å². The van der Waals surface area contributed by atoms with E-state index in [0.29, 0.717) is 16.8 Å². The van der Waals surface area contributed by atoms with Crippen LogP contribution in [0.1, 0.15) is 5.56 Å². The third-order valence-corrected chi connectivity index (χ3v) is 3.00. The van der Waals surface area contributed by atoms with Gasteiger partial charge in [-0.05, 0) is 17.7 Å². The van der Waals surface area contributed by atoms with Crippen LogP contribution in [0.3, 0.4) is 0 Å². The SMILES string of the molecule is O=C(COc1cc(F)cc(Br)c1)NCc1ccccc1. The van der Waals surface area contributed by atoms with Crippen molar-refractivity contribution in [2.75, 3.05) is 6.61 Å². The minimum atomic E-state index is -0.418. The Morgan fingerprint density at radius 3 is 2.65 bits per heavy atom. The monoisotopic (exact) mass is 337 g/mol. The van der Waals surface area contributed by atoms with Crippen molar-refractivity contribution < 1.29 is 13.9 Å². The van der Waals surface area contributed by atoms with Gasteiger partial charge < -0.3 is 10.1 Å². The van der Waals surface area contributed by atoms with Crippen LogP contribution in [0.15, 0.2) is 53.0 Å². The second-order valence-electron chi connectivity index (χ2n) is 4.16. The average Bonchev–Trinajstić information content (AvgIpc) is 2.43. The van der Waals surface area contributed by atoms with E-state index in [1.807, 2.05) is 30.3 Å². The molecule has 0 radical (unpaired) electrons. The standard InChI is InChI=1S/C15H13BrFNO2/c16-12-6-13(17)8-14(7-12)20-10-15(19)18-9-11-4-2-1-3-5-11/h1-8H,9-10H2,(H,18,19). The van der Waals surface area contributed by atoms with Gasteiger partial charge in [-0.2, -0.15) is 0 Å². The number of benzene rings is 2. The lowest BCUT2D eigenvalue weighted by atomic mass is 10.2. The summed E-state index contributed by atoms with van der Waals surface area (Å²) in [6, 6.07) is 13.7. The molecule has 0 saturated heterocycles. The summed E-state index contributed by atoms with van der Waals surface area (Å²) in [6.45, 7) is 0.290. The van der Waals surface area contributed by atoms with Crippen LogP contribution in [-0.4, -0.2) is 12.5 Å². The number of hydrogen-bond donors (Lipinski definition) is 1. The fourth-order valence-corrected chi connectivity index (χ4v) is 2.05. The number of halogens is 2. The zero-order valence-corrected chi connectivity index (χ0v) is 12.2. The topological polar surface area (TPSA) is 38.3 Å². The number of nitrogens with one attached hydrogen (secondary N) is 1. The quantitative estimate of drug-likeness (QED) is 0.909. The van der Waals surface area contributed by atoms with Crippen molar-refractivity contribution in [2.45, 2.75) is 6.54 Å². The Hall–Kier alpha value is -1.88. The van der Waals surface area contributed by atoms with E-state index < -0.39 is 5.82 Å². The molecule has 0 aromatic heterocycles. The minimum Gasteiger partial charge on any atom is -0.484 e. The number of carbonyl (C=O) groups is 1. The van der Waals surface area contributed by atoms with Gasteiger partial charge in [0.1, 0.15) is 11.6 Å². The molecule has 0 atom stereocenters. The van der Waals surface area contributed by atoms with Gasteiger partial charge >= 0.3 is 0 Å². The number of hydrogen-bond acceptors (Lipinski definition) is 2. The van der Waals surface area contributed by atoms with Crippen molar-refractivity contribution in [1.29, 1.82) is 0 Å². The van der Waals surface area contributed by atoms with Crippen molar-refractivity contribution >= 4 is 21.8 Å². The summed E-state index contributed by atoms with van der Waals surface area (Å²) in [5.74, 6) is -0.361. The Morgan fingerprint density at radius 1 is 1.20 bits per heavy atom. The third-order valence-electron chi connectivity index (χ3n) is 2.54. The van der Waals surface area contributed by atoms with E-state index in [9.17, 15) is 9.18 Å². The highest BCUT2D eigenvalue weighted by atomic mass is 79.9. The summed E-state index contributed by atoms with van der Waals surface area (Å²) in [5, 5.41) is 2.73. The highest BCUT2D eigenvalue weighted by Gasteiger charge is 2.04.